The van der Waals surface area contributed by atoms with Crippen molar-refractivity contribution >= 4 is 39.3 Å². The van der Waals surface area contributed by atoms with Crippen molar-refractivity contribution in [3.63, 3.8) is 0 Å². The zero-order chi connectivity index (χ0) is 20.1. The van der Waals surface area contributed by atoms with Gasteiger partial charge in [0.1, 0.15) is 16.0 Å². The van der Waals surface area contributed by atoms with E-state index in [0.717, 1.165) is 30.9 Å². The van der Waals surface area contributed by atoms with E-state index in [9.17, 15) is 4.79 Å². The van der Waals surface area contributed by atoms with Gasteiger partial charge in [-0.15, -0.1) is 0 Å². The first-order valence-electron chi connectivity index (χ1n) is 9.14. The fourth-order valence-electron chi connectivity index (χ4n) is 3.11. The van der Waals surface area contributed by atoms with E-state index in [2.05, 4.69) is 44.3 Å². The van der Waals surface area contributed by atoms with Gasteiger partial charge in [-0.05, 0) is 52.2 Å². The average molecular weight is 465 g/mol. The molecule has 0 aromatic heterocycles. The quantitative estimate of drug-likeness (QED) is 0.677. The van der Waals surface area contributed by atoms with Gasteiger partial charge in [0.2, 0.25) is 0 Å². The smallest absolute Gasteiger partial charge is 0.255 e. The van der Waals surface area contributed by atoms with E-state index in [1.54, 1.807) is 26.4 Å². The lowest BCUT2D eigenvalue weighted by molar-refractivity contribution is 0.102. The number of benzene rings is 2. The van der Waals surface area contributed by atoms with Crippen molar-refractivity contribution in [1.82, 2.24) is 4.90 Å². The SMILES string of the molecule is COc1cc(C(=O)Nc2cc(CN3CCSCC3)ccc2C)cc(OC)c1Br. The molecule has 2 aromatic rings. The number of rotatable bonds is 6. The maximum Gasteiger partial charge on any atom is 0.255 e. The highest BCUT2D eigenvalue weighted by atomic mass is 79.9. The molecule has 2 aromatic carbocycles. The molecule has 5 nitrogen and oxygen atoms in total. The lowest BCUT2D eigenvalue weighted by atomic mass is 10.1. The minimum atomic E-state index is -0.196. The predicted molar refractivity (Wildman–Crippen MR) is 119 cm³/mol. The molecule has 0 unspecified atom stereocenters. The molecule has 7 heteroatoms. The van der Waals surface area contributed by atoms with Crippen LogP contribution in [0.3, 0.4) is 0 Å². The zero-order valence-corrected chi connectivity index (χ0v) is 18.8. The van der Waals surface area contributed by atoms with Gasteiger partial charge >= 0.3 is 0 Å². The minimum Gasteiger partial charge on any atom is -0.495 e. The number of hydrogen-bond acceptors (Lipinski definition) is 5. The van der Waals surface area contributed by atoms with Crippen molar-refractivity contribution in [1.29, 1.82) is 0 Å². The zero-order valence-electron chi connectivity index (χ0n) is 16.4. The molecule has 1 aliphatic rings. The molecule has 1 fully saturated rings. The van der Waals surface area contributed by atoms with E-state index >= 15 is 0 Å². The molecule has 3 rings (SSSR count). The third-order valence-corrected chi connectivity index (χ3v) is 6.49. The Bertz CT molecular complexity index is 829. The number of halogens is 1. The molecule has 0 radical (unpaired) electrons. The van der Waals surface area contributed by atoms with E-state index in [4.69, 9.17) is 9.47 Å². The Morgan fingerprint density at radius 2 is 1.79 bits per heavy atom. The molecule has 1 N–H and O–H groups in total. The summed E-state index contributed by atoms with van der Waals surface area (Å²) in [6.45, 7) is 5.13. The lowest BCUT2D eigenvalue weighted by Gasteiger charge is -2.26. The summed E-state index contributed by atoms with van der Waals surface area (Å²) >= 11 is 5.44. The number of carbonyl (C=O) groups is 1. The van der Waals surface area contributed by atoms with Crippen LogP contribution in [-0.2, 0) is 6.54 Å². The molecular weight excluding hydrogens is 440 g/mol. The van der Waals surface area contributed by atoms with E-state index in [1.807, 2.05) is 18.7 Å². The molecule has 1 amide bonds. The summed E-state index contributed by atoms with van der Waals surface area (Å²) < 4.78 is 11.4. The Hall–Kier alpha value is -1.70. The first-order chi connectivity index (χ1) is 13.5. The Morgan fingerprint density at radius 3 is 2.39 bits per heavy atom. The van der Waals surface area contributed by atoms with Crippen molar-refractivity contribution in [2.45, 2.75) is 13.5 Å². The normalized spacial score (nSPS) is 14.6. The van der Waals surface area contributed by atoms with Crippen LogP contribution >= 0.6 is 27.7 Å². The number of ether oxygens (including phenoxy) is 2. The van der Waals surface area contributed by atoms with Crippen LogP contribution in [-0.4, -0.2) is 49.6 Å². The second-order valence-electron chi connectivity index (χ2n) is 6.69. The highest BCUT2D eigenvalue weighted by Gasteiger charge is 2.16. The van der Waals surface area contributed by atoms with Gasteiger partial charge in [0, 0.05) is 42.4 Å². The number of nitrogens with one attached hydrogen (secondary N) is 1. The number of amides is 1. The minimum absolute atomic E-state index is 0.196. The third kappa shape index (κ3) is 5.01. The molecule has 0 spiro atoms. The number of anilines is 1. The lowest BCUT2D eigenvalue weighted by Crippen LogP contribution is -2.32. The van der Waals surface area contributed by atoms with Crippen LogP contribution in [0.25, 0.3) is 0 Å². The number of nitrogens with zero attached hydrogens (tertiary/aromatic N) is 1. The second kappa shape index (κ2) is 9.67. The summed E-state index contributed by atoms with van der Waals surface area (Å²) in [5.41, 5.74) is 3.55. The van der Waals surface area contributed by atoms with Crippen LogP contribution in [0.15, 0.2) is 34.8 Å². The van der Waals surface area contributed by atoms with Gasteiger partial charge in [0.15, 0.2) is 0 Å². The van der Waals surface area contributed by atoms with Gasteiger partial charge in [0.25, 0.3) is 5.91 Å². The highest BCUT2D eigenvalue weighted by molar-refractivity contribution is 9.10. The van der Waals surface area contributed by atoms with E-state index in [1.165, 1.54) is 17.1 Å². The van der Waals surface area contributed by atoms with Crippen LogP contribution in [0.5, 0.6) is 11.5 Å². The Balaban J connectivity index is 1.79. The second-order valence-corrected chi connectivity index (χ2v) is 8.70. The van der Waals surface area contributed by atoms with Crippen molar-refractivity contribution in [2.24, 2.45) is 0 Å². The molecule has 1 aliphatic heterocycles. The largest absolute Gasteiger partial charge is 0.495 e. The fourth-order valence-corrected chi connectivity index (χ4v) is 4.65. The Morgan fingerprint density at radius 1 is 1.14 bits per heavy atom. The first kappa shape index (κ1) is 21.0. The summed E-state index contributed by atoms with van der Waals surface area (Å²) in [6, 6.07) is 9.67. The van der Waals surface area contributed by atoms with Crippen LogP contribution in [0, 0.1) is 6.92 Å². The summed E-state index contributed by atoms with van der Waals surface area (Å²) in [7, 11) is 3.13. The topological polar surface area (TPSA) is 50.8 Å². The van der Waals surface area contributed by atoms with Crippen molar-refractivity contribution < 1.29 is 14.3 Å². The molecule has 0 saturated carbocycles. The van der Waals surface area contributed by atoms with Gasteiger partial charge in [-0.3, -0.25) is 9.69 Å². The summed E-state index contributed by atoms with van der Waals surface area (Å²) in [4.78, 5) is 15.3. The highest BCUT2D eigenvalue weighted by Crippen LogP contribution is 2.36. The maximum absolute atomic E-state index is 12.9. The number of carbonyl (C=O) groups excluding carboxylic acids is 1. The van der Waals surface area contributed by atoms with Crippen LogP contribution in [0.2, 0.25) is 0 Å². The van der Waals surface area contributed by atoms with Gasteiger partial charge in [-0.2, -0.15) is 11.8 Å². The molecular formula is C21H25BrN2O3S. The number of thioether (sulfide) groups is 1. The monoisotopic (exact) mass is 464 g/mol. The molecule has 1 heterocycles. The Labute approximate surface area is 178 Å². The van der Waals surface area contributed by atoms with Crippen LogP contribution in [0.1, 0.15) is 21.5 Å². The molecule has 150 valence electrons. The Kier molecular flexibility index (Phi) is 7.26. The molecule has 1 saturated heterocycles. The van der Waals surface area contributed by atoms with E-state index in [0.29, 0.717) is 21.5 Å². The maximum atomic E-state index is 12.9. The summed E-state index contributed by atoms with van der Waals surface area (Å²) in [5.74, 6) is 3.28. The van der Waals surface area contributed by atoms with Gasteiger partial charge in [-0.25, -0.2) is 0 Å². The number of aryl methyl sites for hydroxylation is 1. The van der Waals surface area contributed by atoms with Crippen molar-refractivity contribution in [3.05, 3.63) is 51.5 Å². The van der Waals surface area contributed by atoms with Gasteiger partial charge in [0.05, 0.1) is 14.2 Å². The summed E-state index contributed by atoms with van der Waals surface area (Å²) in [6.07, 6.45) is 0. The molecule has 28 heavy (non-hydrogen) atoms. The third-order valence-electron chi connectivity index (χ3n) is 4.77. The number of hydrogen-bond donors (Lipinski definition) is 1. The number of methoxy groups -OCH3 is 2. The molecule has 0 bridgehead atoms. The van der Waals surface area contributed by atoms with E-state index < -0.39 is 0 Å². The van der Waals surface area contributed by atoms with Crippen LogP contribution in [0.4, 0.5) is 5.69 Å². The van der Waals surface area contributed by atoms with Gasteiger partial charge < -0.3 is 14.8 Å². The first-order valence-corrected chi connectivity index (χ1v) is 11.1. The fraction of sp³-hybridized carbons (Fsp3) is 0.381. The van der Waals surface area contributed by atoms with Gasteiger partial charge in [-0.1, -0.05) is 12.1 Å². The standard InChI is InChI=1S/C21H25BrN2O3S/c1-14-4-5-15(13-24-6-8-28-9-7-24)10-17(14)23-21(25)16-11-18(26-2)20(22)19(12-16)27-3/h4-5,10-12H,6-9,13H2,1-3H3,(H,23,25). The predicted octanol–water partition coefficient (Wildman–Crippen LogP) is 4.58. The van der Waals surface area contributed by atoms with Crippen molar-refractivity contribution in [3.8, 4) is 11.5 Å². The van der Waals surface area contributed by atoms with E-state index in [-0.39, 0.29) is 5.91 Å². The van der Waals surface area contributed by atoms with Crippen molar-refractivity contribution in [2.75, 3.05) is 44.1 Å². The summed E-state index contributed by atoms with van der Waals surface area (Å²) in [5, 5.41) is 3.04. The molecule has 0 aliphatic carbocycles. The average Bonchev–Trinajstić information content (AvgIpc) is 2.71. The van der Waals surface area contributed by atoms with Crippen LogP contribution < -0.4 is 14.8 Å². The molecule has 0 atom stereocenters.